The van der Waals surface area contributed by atoms with Gasteiger partial charge in [0.1, 0.15) is 0 Å². The number of nitrogens with zero attached hydrogens (tertiary/aromatic N) is 4. The van der Waals surface area contributed by atoms with Gasteiger partial charge in [0.25, 0.3) is 0 Å². The second-order valence-corrected chi connectivity index (χ2v) is 4.85. The molecule has 0 aromatic carbocycles. The van der Waals surface area contributed by atoms with Crippen LogP contribution in [0.25, 0.3) is 0 Å². The van der Waals surface area contributed by atoms with E-state index in [9.17, 15) is 0 Å². The molecule has 4 heteroatoms. The summed E-state index contributed by atoms with van der Waals surface area (Å²) in [5.41, 5.74) is 1.07. The highest BCUT2D eigenvalue weighted by molar-refractivity contribution is 5.00. The summed E-state index contributed by atoms with van der Waals surface area (Å²) in [5.74, 6) is 0. The maximum atomic E-state index is 8.64. The van der Waals surface area contributed by atoms with Gasteiger partial charge in [-0.2, -0.15) is 10.4 Å². The van der Waals surface area contributed by atoms with E-state index in [2.05, 4.69) is 49.8 Å². The maximum absolute atomic E-state index is 8.64. The standard InChI is InChI=1S/C13H22N4/c1-11(2)16(8-5-7-14)10-13-6-9-17(15-13)12(3)4/h6,9,11-12H,5,8,10H2,1-4H3. The van der Waals surface area contributed by atoms with Crippen LogP contribution in [-0.2, 0) is 6.54 Å². The molecule has 0 aliphatic carbocycles. The Hall–Kier alpha value is -1.34. The Bertz CT molecular complexity index is 373. The monoisotopic (exact) mass is 234 g/mol. The van der Waals surface area contributed by atoms with Gasteiger partial charge in [0.05, 0.1) is 11.8 Å². The first-order chi connectivity index (χ1) is 8.04. The fourth-order valence-corrected chi connectivity index (χ4v) is 1.67. The van der Waals surface area contributed by atoms with Crippen LogP contribution in [0.4, 0.5) is 0 Å². The van der Waals surface area contributed by atoms with Crippen molar-refractivity contribution < 1.29 is 0 Å². The average Bonchev–Trinajstić information content (AvgIpc) is 2.72. The zero-order valence-corrected chi connectivity index (χ0v) is 11.2. The molecule has 0 amide bonds. The molecule has 0 fully saturated rings. The van der Waals surface area contributed by atoms with E-state index in [1.807, 2.05) is 10.9 Å². The lowest BCUT2D eigenvalue weighted by atomic mass is 10.2. The minimum Gasteiger partial charge on any atom is -0.294 e. The molecule has 0 N–H and O–H groups in total. The van der Waals surface area contributed by atoms with Gasteiger partial charge in [0.2, 0.25) is 0 Å². The smallest absolute Gasteiger partial charge is 0.0764 e. The van der Waals surface area contributed by atoms with Gasteiger partial charge in [-0.15, -0.1) is 0 Å². The highest BCUT2D eigenvalue weighted by Crippen LogP contribution is 2.09. The van der Waals surface area contributed by atoms with Gasteiger partial charge >= 0.3 is 0 Å². The number of rotatable bonds is 6. The number of aromatic nitrogens is 2. The third-order valence-corrected chi connectivity index (χ3v) is 2.80. The largest absolute Gasteiger partial charge is 0.294 e. The molecule has 0 spiro atoms. The summed E-state index contributed by atoms with van der Waals surface area (Å²) in [5, 5.41) is 13.2. The van der Waals surface area contributed by atoms with E-state index < -0.39 is 0 Å². The molecule has 94 valence electrons. The number of hydrogen-bond donors (Lipinski definition) is 0. The first-order valence-electron chi connectivity index (χ1n) is 6.19. The molecule has 0 aliphatic heterocycles. The van der Waals surface area contributed by atoms with E-state index in [1.54, 1.807) is 0 Å². The SMILES string of the molecule is CC(C)N(CCC#N)Cc1ccn(C(C)C)n1. The summed E-state index contributed by atoms with van der Waals surface area (Å²) >= 11 is 0. The van der Waals surface area contributed by atoms with Crippen LogP contribution >= 0.6 is 0 Å². The Kier molecular flexibility index (Phi) is 5.17. The summed E-state index contributed by atoms with van der Waals surface area (Å²) in [6, 6.07) is 5.09. The van der Waals surface area contributed by atoms with E-state index >= 15 is 0 Å². The molecule has 0 radical (unpaired) electrons. The van der Waals surface area contributed by atoms with Crippen LogP contribution in [0.3, 0.4) is 0 Å². The molecule has 0 saturated carbocycles. The third-order valence-electron chi connectivity index (χ3n) is 2.80. The summed E-state index contributed by atoms with van der Waals surface area (Å²) in [4.78, 5) is 2.27. The van der Waals surface area contributed by atoms with Crippen LogP contribution in [0.15, 0.2) is 12.3 Å². The van der Waals surface area contributed by atoms with Crippen LogP contribution in [0.5, 0.6) is 0 Å². The Labute approximate surface area is 104 Å². The predicted octanol–water partition coefficient (Wildman–Crippen LogP) is 2.59. The predicted molar refractivity (Wildman–Crippen MR) is 68.4 cm³/mol. The molecule has 1 heterocycles. The summed E-state index contributed by atoms with van der Waals surface area (Å²) < 4.78 is 1.97. The molecule has 0 unspecified atom stereocenters. The van der Waals surface area contributed by atoms with E-state index in [0.29, 0.717) is 18.5 Å². The maximum Gasteiger partial charge on any atom is 0.0764 e. The molecule has 1 rings (SSSR count). The summed E-state index contributed by atoms with van der Waals surface area (Å²) in [7, 11) is 0. The van der Waals surface area contributed by atoms with E-state index in [-0.39, 0.29) is 0 Å². The molecule has 0 atom stereocenters. The lowest BCUT2D eigenvalue weighted by Gasteiger charge is -2.24. The topological polar surface area (TPSA) is 44.9 Å². The quantitative estimate of drug-likeness (QED) is 0.760. The van der Waals surface area contributed by atoms with E-state index in [1.165, 1.54) is 0 Å². The van der Waals surface area contributed by atoms with Gasteiger partial charge in [0.15, 0.2) is 0 Å². The van der Waals surface area contributed by atoms with Crippen molar-refractivity contribution in [3.8, 4) is 6.07 Å². The lowest BCUT2D eigenvalue weighted by Crippen LogP contribution is -2.31. The van der Waals surface area contributed by atoms with Gasteiger partial charge < -0.3 is 0 Å². The first kappa shape index (κ1) is 13.7. The summed E-state index contributed by atoms with van der Waals surface area (Å²) in [6.45, 7) is 10.2. The van der Waals surface area contributed by atoms with Crippen LogP contribution in [0.2, 0.25) is 0 Å². The number of hydrogen-bond acceptors (Lipinski definition) is 3. The normalized spacial score (nSPS) is 11.4. The second-order valence-electron chi connectivity index (χ2n) is 4.85. The molecule has 4 nitrogen and oxygen atoms in total. The molecule has 1 aromatic rings. The third kappa shape index (κ3) is 4.20. The minimum absolute atomic E-state index is 0.398. The fourth-order valence-electron chi connectivity index (χ4n) is 1.67. The second kappa shape index (κ2) is 6.41. The number of nitriles is 1. The van der Waals surface area contributed by atoms with E-state index in [4.69, 9.17) is 5.26 Å². The van der Waals surface area contributed by atoms with Crippen molar-refractivity contribution in [2.75, 3.05) is 6.54 Å². The van der Waals surface area contributed by atoms with E-state index in [0.717, 1.165) is 18.8 Å². The Morgan fingerprint density at radius 3 is 2.59 bits per heavy atom. The van der Waals surface area contributed by atoms with Crippen molar-refractivity contribution in [2.45, 2.75) is 52.7 Å². The van der Waals surface area contributed by atoms with Crippen molar-refractivity contribution in [3.05, 3.63) is 18.0 Å². The molecular formula is C13H22N4. The molecule has 0 aliphatic rings. The first-order valence-corrected chi connectivity index (χ1v) is 6.19. The Morgan fingerprint density at radius 2 is 2.12 bits per heavy atom. The molecule has 0 bridgehead atoms. The van der Waals surface area contributed by atoms with Crippen LogP contribution in [-0.4, -0.2) is 27.3 Å². The lowest BCUT2D eigenvalue weighted by molar-refractivity contribution is 0.214. The fraction of sp³-hybridized carbons (Fsp3) is 0.692. The van der Waals surface area contributed by atoms with Crippen LogP contribution < -0.4 is 0 Å². The zero-order valence-electron chi connectivity index (χ0n) is 11.2. The molecular weight excluding hydrogens is 212 g/mol. The van der Waals surface area contributed by atoms with Gasteiger partial charge in [-0.1, -0.05) is 0 Å². The Balaban J connectivity index is 2.62. The van der Waals surface area contributed by atoms with Crippen LogP contribution in [0.1, 0.15) is 45.9 Å². The highest BCUT2D eigenvalue weighted by Gasteiger charge is 2.11. The van der Waals surface area contributed by atoms with Crippen molar-refractivity contribution >= 4 is 0 Å². The van der Waals surface area contributed by atoms with Crippen molar-refractivity contribution in [1.29, 1.82) is 5.26 Å². The van der Waals surface area contributed by atoms with Gasteiger partial charge in [-0.05, 0) is 33.8 Å². The average molecular weight is 234 g/mol. The van der Waals surface area contributed by atoms with Crippen LogP contribution in [0, 0.1) is 11.3 Å². The van der Waals surface area contributed by atoms with Gasteiger partial charge in [0, 0.05) is 37.8 Å². The van der Waals surface area contributed by atoms with Crippen molar-refractivity contribution in [3.63, 3.8) is 0 Å². The Morgan fingerprint density at radius 1 is 1.41 bits per heavy atom. The minimum atomic E-state index is 0.398. The molecule has 0 saturated heterocycles. The van der Waals surface area contributed by atoms with Gasteiger partial charge in [-0.3, -0.25) is 9.58 Å². The molecule has 1 aromatic heterocycles. The zero-order chi connectivity index (χ0) is 12.8. The summed E-state index contributed by atoms with van der Waals surface area (Å²) in [6.07, 6.45) is 2.59. The van der Waals surface area contributed by atoms with Crippen molar-refractivity contribution in [2.24, 2.45) is 0 Å². The van der Waals surface area contributed by atoms with Crippen molar-refractivity contribution in [1.82, 2.24) is 14.7 Å². The highest BCUT2D eigenvalue weighted by atomic mass is 15.3. The van der Waals surface area contributed by atoms with Gasteiger partial charge in [-0.25, -0.2) is 0 Å². The molecule has 17 heavy (non-hydrogen) atoms.